The van der Waals surface area contributed by atoms with Crippen LogP contribution in [0.1, 0.15) is 11.1 Å². The second-order valence-electron chi connectivity index (χ2n) is 7.15. The second kappa shape index (κ2) is 10.4. The number of rotatable bonds is 7. The number of aliphatic hydroxyl groups is 4. The maximum Gasteiger partial charge on any atom is 0.330 e. The summed E-state index contributed by atoms with van der Waals surface area (Å²) in [5.74, 6) is -1.13. The smallest absolute Gasteiger partial charge is 0.330 e. The molecule has 2 aromatic carbocycles. The summed E-state index contributed by atoms with van der Waals surface area (Å²) in [6.07, 6.45) is -4.80. The number of carbonyl (C=O) groups excluding carboxylic acids is 1. The Bertz CT molecular complexity index is 942. The van der Waals surface area contributed by atoms with Crippen molar-refractivity contribution in [2.45, 2.75) is 37.3 Å². The zero-order chi connectivity index (χ0) is 23.3. The van der Waals surface area contributed by atoms with Gasteiger partial charge in [0.05, 0.1) is 6.61 Å². The summed E-state index contributed by atoms with van der Waals surface area (Å²) in [5.41, 5.74) is 1.09. The van der Waals surface area contributed by atoms with E-state index < -0.39 is 43.3 Å². The van der Waals surface area contributed by atoms with Crippen LogP contribution in [0.25, 0.3) is 6.08 Å². The van der Waals surface area contributed by atoms with Crippen molar-refractivity contribution in [1.29, 1.82) is 0 Å². The van der Waals surface area contributed by atoms with Crippen LogP contribution >= 0.6 is 0 Å². The summed E-state index contributed by atoms with van der Waals surface area (Å²) >= 11 is 0. The molecule has 1 aliphatic heterocycles. The van der Waals surface area contributed by atoms with E-state index in [0.29, 0.717) is 16.9 Å². The van der Waals surface area contributed by atoms with E-state index in [-0.39, 0.29) is 18.1 Å². The minimum Gasteiger partial charge on any atom is -0.504 e. The van der Waals surface area contributed by atoms with Crippen molar-refractivity contribution in [1.82, 2.24) is 0 Å². The average Bonchev–Trinajstić information content (AvgIpc) is 2.79. The molecule has 0 aromatic heterocycles. The zero-order valence-electron chi connectivity index (χ0n) is 16.8. The molecule has 0 aliphatic carbocycles. The van der Waals surface area contributed by atoms with Crippen molar-refractivity contribution in [3.05, 3.63) is 59.7 Å². The number of phenols is 2. The van der Waals surface area contributed by atoms with Crippen molar-refractivity contribution in [2.75, 3.05) is 6.61 Å². The van der Waals surface area contributed by atoms with E-state index in [1.54, 1.807) is 24.3 Å². The first-order valence-corrected chi connectivity index (χ1v) is 9.71. The molecule has 0 bridgehead atoms. The van der Waals surface area contributed by atoms with Gasteiger partial charge in [0.1, 0.15) is 36.8 Å². The van der Waals surface area contributed by atoms with Gasteiger partial charge in [-0.2, -0.15) is 0 Å². The maximum absolute atomic E-state index is 12.0. The van der Waals surface area contributed by atoms with E-state index in [9.17, 15) is 30.3 Å². The van der Waals surface area contributed by atoms with Gasteiger partial charge in [0, 0.05) is 6.08 Å². The lowest BCUT2D eigenvalue weighted by Crippen LogP contribution is -2.60. The summed E-state index contributed by atoms with van der Waals surface area (Å²) in [6, 6.07) is 10.3. The molecule has 2 aromatic rings. The highest BCUT2D eigenvalue weighted by molar-refractivity contribution is 5.87. The van der Waals surface area contributed by atoms with Gasteiger partial charge in [0.2, 0.25) is 6.29 Å². The van der Waals surface area contributed by atoms with E-state index in [1.807, 2.05) is 0 Å². The number of ether oxygens (including phenoxy) is 3. The van der Waals surface area contributed by atoms with Crippen molar-refractivity contribution in [3.63, 3.8) is 0 Å². The second-order valence-corrected chi connectivity index (χ2v) is 7.15. The monoisotopic (exact) mass is 448 g/mol. The third-order valence-electron chi connectivity index (χ3n) is 4.83. The van der Waals surface area contributed by atoms with E-state index in [4.69, 9.17) is 19.3 Å². The highest BCUT2D eigenvalue weighted by Crippen LogP contribution is 2.26. The predicted octanol–water partition coefficient (Wildman–Crippen LogP) is 0.0331. The minimum absolute atomic E-state index is 0.149. The van der Waals surface area contributed by atoms with Gasteiger partial charge in [-0.05, 0) is 41.5 Å². The number of hydrogen-bond acceptors (Lipinski definition) is 10. The van der Waals surface area contributed by atoms with E-state index in [1.165, 1.54) is 24.3 Å². The molecule has 1 fully saturated rings. The lowest BCUT2D eigenvalue weighted by Gasteiger charge is -2.39. The third kappa shape index (κ3) is 5.75. The summed E-state index contributed by atoms with van der Waals surface area (Å²) < 4.78 is 16.1. The van der Waals surface area contributed by atoms with Crippen molar-refractivity contribution >= 4 is 12.0 Å². The number of esters is 1. The molecule has 1 saturated heterocycles. The van der Waals surface area contributed by atoms with E-state index >= 15 is 0 Å². The number of carbonyl (C=O) groups is 1. The van der Waals surface area contributed by atoms with Crippen LogP contribution in [0.2, 0.25) is 0 Å². The number of aromatic hydroxyl groups is 2. The van der Waals surface area contributed by atoms with Crippen molar-refractivity contribution in [2.24, 2.45) is 0 Å². The highest BCUT2D eigenvalue weighted by atomic mass is 16.7. The van der Waals surface area contributed by atoms with E-state index in [2.05, 4.69) is 0 Å². The van der Waals surface area contributed by atoms with Crippen LogP contribution in [0.5, 0.6) is 17.2 Å². The number of benzene rings is 2. The Labute approximate surface area is 183 Å². The van der Waals surface area contributed by atoms with Crippen LogP contribution in [0, 0.1) is 0 Å². The lowest BCUT2D eigenvalue weighted by molar-refractivity contribution is -0.278. The Morgan fingerprint density at radius 3 is 2.34 bits per heavy atom. The summed E-state index contributed by atoms with van der Waals surface area (Å²) in [7, 11) is 0. The van der Waals surface area contributed by atoms with Crippen LogP contribution in [0.4, 0.5) is 0 Å². The molecule has 0 saturated carbocycles. The van der Waals surface area contributed by atoms with Crippen LogP contribution < -0.4 is 4.74 Å². The van der Waals surface area contributed by atoms with Gasteiger partial charge in [-0.3, -0.25) is 0 Å². The van der Waals surface area contributed by atoms with Gasteiger partial charge < -0.3 is 44.8 Å². The highest BCUT2D eigenvalue weighted by Gasteiger charge is 2.45. The van der Waals surface area contributed by atoms with Crippen molar-refractivity contribution in [3.8, 4) is 17.2 Å². The number of hydrogen-bond donors (Lipinski definition) is 6. The zero-order valence-corrected chi connectivity index (χ0v) is 16.8. The quantitative estimate of drug-likeness (QED) is 0.193. The average molecular weight is 448 g/mol. The molecule has 0 spiro atoms. The van der Waals surface area contributed by atoms with Gasteiger partial charge in [-0.1, -0.05) is 18.2 Å². The van der Waals surface area contributed by atoms with Crippen molar-refractivity contribution < 1.29 is 49.6 Å². The molecule has 0 amide bonds. The summed E-state index contributed by atoms with van der Waals surface area (Å²) in [4.78, 5) is 12.0. The molecule has 1 heterocycles. The molecule has 6 N–H and O–H groups in total. The van der Waals surface area contributed by atoms with Gasteiger partial charge in [-0.25, -0.2) is 4.79 Å². The Hall–Kier alpha value is -3.15. The fraction of sp³-hybridized carbons (Fsp3) is 0.318. The van der Waals surface area contributed by atoms with Gasteiger partial charge in [-0.15, -0.1) is 0 Å². The molecule has 10 heteroatoms. The van der Waals surface area contributed by atoms with E-state index in [0.717, 1.165) is 6.08 Å². The molecule has 1 aliphatic rings. The topological polar surface area (TPSA) is 166 Å². The Morgan fingerprint density at radius 2 is 1.69 bits per heavy atom. The fourth-order valence-corrected chi connectivity index (χ4v) is 2.98. The molecule has 172 valence electrons. The van der Waals surface area contributed by atoms with Gasteiger partial charge >= 0.3 is 5.97 Å². The number of aliphatic hydroxyl groups excluding tert-OH is 4. The lowest BCUT2D eigenvalue weighted by atomic mass is 9.99. The summed E-state index contributed by atoms with van der Waals surface area (Å²) in [6.45, 7) is -0.582. The standard InChI is InChI=1S/C22H24O10/c23-10-13-1-5-14(6-2-13)31-22-21(29)20(28)19(27)17(32-22)11-30-18(26)8-4-12-3-7-15(24)16(25)9-12/h1-9,17,19-25,27-29H,10-11H2/b8-4+/t17-,19-,20+,21-,22-/m1/s1. The molecule has 0 radical (unpaired) electrons. The third-order valence-corrected chi connectivity index (χ3v) is 4.83. The molecular formula is C22H24O10. The molecule has 5 atom stereocenters. The Balaban J connectivity index is 1.58. The first-order valence-electron chi connectivity index (χ1n) is 9.71. The summed E-state index contributed by atoms with van der Waals surface area (Å²) in [5, 5.41) is 58.3. The molecule has 32 heavy (non-hydrogen) atoms. The maximum atomic E-state index is 12.0. The normalized spacial score (nSPS) is 25.6. The Kier molecular flexibility index (Phi) is 7.67. The molecule has 3 rings (SSSR count). The number of phenolic OH excluding ortho intramolecular Hbond substituents is 2. The van der Waals surface area contributed by atoms with Crippen LogP contribution in [0.3, 0.4) is 0 Å². The van der Waals surface area contributed by atoms with Crippen LogP contribution in [-0.4, -0.2) is 73.9 Å². The van der Waals surface area contributed by atoms with Gasteiger partial charge in [0.25, 0.3) is 0 Å². The first-order chi connectivity index (χ1) is 15.3. The van der Waals surface area contributed by atoms with Crippen LogP contribution in [0.15, 0.2) is 48.5 Å². The fourth-order valence-electron chi connectivity index (χ4n) is 2.98. The Morgan fingerprint density at radius 1 is 0.969 bits per heavy atom. The van der Waals surface area contributed by atoms with Gasteiger partial charge in [0.15, 0.2) is 11.5 Å². The molecule has 10 nitrogen and oxygen atoms in total. The molecule has 0 unspecified atom stereocenters. The first kappa shape index (κ1) is 23.5. The largest absolute Gasteiger partial charge is 0.504 e. The predicted molar refractivity (Wildman–Crippen MR) is 109 cm³/mol. The molecular weight excluding hydrogens is 424 g/mol. The SMILES string of the molecule is O=C(/C=C/c1ccc(O)c(O)c1)OC[C@H]1O[C@@H](Oc2ccc(CO)cc2)[C@H](O)[C@@H](O)[C@@H]1O. The van der Waals surface area contributed by atoms with Crippen LogP contribution in [-0.2, 0) is 20.9 Å². The minimum atomic E-state index is -1.61.